The summed E-state index contributed by atoms with van der Waals surface area (Å²) in [7, 11) is 2.17. The average molecular weight is 682 g/mol. The number of carbonyl (C=O) groups excluding carboxylic acids is 1. The Kier molecular flexibility index (Phi) is 11.3. The number of likely N-dealkylation sites (N-methyl/N-ethyl adjacent to an activating group) is 1. The van der Waals surface area contributed by atoms with Crippen molar-refractivity contribution in [3.8, 4) is 5.69 Å². The zero-order valence-corrected chi connectivity index (χ0v) is 27.0. The number of benzene rings is 2. The predicted octanol–water partition coefficient (Wildman–Crippen LogP) is 3.16. The molecule has 1 fully saturated rings. The summed E-state index contributed by atoms with van der Waals surface area (Å²) >= 11 is 0. The summed E-state index contributed by atoms with van der Waals surface area (Å²) in [6.45, 7) is 5.35. The van der Waals surface area contributed by atoms with E-state index in [4.69, 9.17) is 20.0 Å². The molecule has 6 rings (SSSR count). The van der Waals surface area contributed by atoms with Crippen LogP contribution in [0.25, 0.3) is 16.7 Å². The molecule has 2 aromatic carbocycles. The van der Waals surface area contributed by atoms with Gasteiger partial charge in [0.05, 0.1) is 12.0 Å². The van der Waals surface area contributed by atoms with Crippen LogP contribution in [0.1, 0.15) is 33.5 Å². The number of hydrogen-bond donors (Lipinski definition) is 4. The summed E-state index contributed by atoms with van der Waals surface area (Å²) in [6.07, 6.45) is 2.10. The van der Waals surface area contributed by atoms with E-state index in [1.165, 1.54) is 22.9 Å². The smallest absolute Gasteiger partial charge is 0.475 e. The average Bonchev–Trinajstić information content (AvgIpc) is 3.56. The Morgan fingerprint density at radius 2 is 1.69 bits per heavy atom. The van der Waals surface area contributed by atoms with E-state index in [1.807, 2.05) is 18.2 Å². The van der Waals surface area contributed by atoms with E-state index < -0.39 is 23.5 Å². The van der Waals surface area contributed by atoms with Crippen molar-refractivity contribution in [2.45, 2.75) is 31.9 Å². The van der Waals surface area contributed by atoms with E-state index in [-0.39, 0.29) is 24.1 Å². The van der Waals surface area contributed by atoms with E-state index in [0.29, 0.717) is 11.6 Å². The topological polar surface area (TPSA) is 153 Å². The molecule has 12 nitrogen and oxygen atoms in total. The minimum absolute atomic E-state index is 0.0204. The molecule has 0 spiro atoms. The third-order valence-electron chi connectivity index (χ3n) is 8.51. The van der Waals surface area contributed by atoms with Gasteiger partial charge >= 0.3 is 12.1 Å². The standard InChI is InChI=1S/C32H37N7O3.C2HF3O2/c1-37-14-16-38(17-15-37)13-11-22-5-8-25(9-6-22)35-32-34-20-27-29(41)28(31(42)33-12-18-40)21-39(30(27)36-32)26-10-7-23-3-2-4-24(23)19-26;3-2(4,5)1(6)7/h5-10,19-21,40H,2-4,11-18H2,1H3,(H,33,42)(H,34,35,36);(H,6,7). The summed E-state index contributed by atoms with van der Waals surface area (Å²) in [4.78, 5) is 49.1. The van der Waals surface area contributed by atoms with Crippen LogP contribution in [0.2, 0.25) is 0 Å². The van der Waals surface area contributed by atoms with Gasteiger partial charge in [0, 0.05) is 63.0 Å². The Bertz CT molecular complexity index is 1860. The number of aliphatic hydroxyl groups excluding tert-OH is 1. The summed E-state index contributed by atoms with van der Waals surface area (Å²) in [5.41, 5.74) is 5.49. The molecule has 49 heavy (non-hydrogen) atoms. The molecule has 3 heterocycles. The molecule has 0 radical (unpaired) electrons. The molecule has 260 valence electrons. The van der Waals surface area contributed by atoms with Crippen LogP contribution in [0.15, 0.2) is 59.7 Å². The Balaban J connectivity index is 0.000000606. The van der Waals surface area contributed by atoms with Gasteiger partial charge in [-0.2, -0.15) is 18.2 Å². The number of aryl methyl sites for hydroxylation is 2. The fraction of sp³-hybridized carbons (Fsp3) is 0.382. The molecule has 1 saturated heterocycles. The maximum absolute atomic E-state index is 13.4. The number of nitrogens with one attached hydrogen (secondary N) is 2. The van der Waals surface area contributed by atoms with Gasteiger partial charge in [0.25, 0.3) is 5.91 Å². The van der Waals surface area contributed by atoms with Crippen molar-refractivity contribution in [2.24, 2.45) is 0 Å². The van der Waals surface area contributed by atoms with Crippen molar-refractivity contribution in [3.05, 3.63) is 87.3 Å². The lowest BCUT2D eigenvalue weighted by Gasteiger charge is -2.32. The molecule has 2 aliphatic rings. The van der Waals surface area contributed by atoms with E-state index in [0.717, 1.165) is 69.8 Å². The number of piperazine rings is 1. The quantitative estimate of drug-likeness (QED) is 0.207. The number of rotatable bonds is 9. The summed E-state index contributed by atoms with van der Waals surface area (Å²) in [5.74, 6) is -2.94. The van der Waals surface area contributed by atoms with Crippen LogP contribution in [0.5, 0.6) is 0 Å². The van der Waals surface area contributed by atoms with Gasteiger partial charge in [-0.3, -0.25) is 9.59 Å². The first kappa shape index (κ1) is 35.4. The number of aliphatic carboxylic acids is 1. The molecular weight excluding hydrogens is 643 g/mol. The monoisotopic (exact) mass is 681 g/mol. The van der Waals surface area contributed by atoms with E-state index in [2.05, 4.69) is 56.7 Å². The molecular formula is C34H38F3N7O5. The Labute approximate surface area is 280 Å². The molecule has 15 heteroatoms. The zero-order valence-electron chi connectivity index (χ0n) is 27.0. The molecule has 1 aliphatic carbocycles. The molecule has 1 amide bonds. The largest absolute Gasteiger partial charge is 0.490 e. The predicted molar refractivity (Wildman–Crippen MR) is 178 cm³/mol. The first-order valence-corrected chi connectivity index (χ1v) is 15.9. The van der Waals surface area contributed by atoms with Crippen LogP contribution >= 0.6 is 0 Å². The van der Waals surface area contributed by atoms with Gasteiger partial charge in [-0.25, -0.2) is 9.78 Å². The van der Waals surface area contributed by atoms with E-state index in [1.54, 1.807) is 10.8 Å². The summed E-state index contributed by atoms with van der Waals surface area (Å²) < 4.78 is 33.5. The second-order valence-corrected chi connectivity index (χ2v) is 12.0. The normalized spacial score (nSPS) is 15.0. The highest BCUT2D eigenvalue weighted by Gasteiger charge is 2.38. The van der Waals surface area contributed by atoms with Crippen LogP contribution in [-0.2, 0) is 24.1 Å². The van der Waals surface area contributed by atoms with Gasteiger partial charge in [0.2, 0.25) is 11.4 Å². The number of aromatic nitrogens is 3. The van der Waals surface area contributed by atoms with Crippen LogP contribution in [0.4, 0.5) is 24.8 Å². The van der Waals surface area contributed by atoms with Crippen LogP contribution in [0.3, 0.4) is 0 Å². The molecule has 0 saturated carbocycles. The van der Waals surface area contributed by atoms with Crippen molar-refractivity contribution in [1.29, 1.82) is 0 Å². The number of carboxylic acids is 1. The highest BCUT2D eigenvalue weighted by Crippen LogP contribution is 2.26. The lowest BCUT2D eigenvalue weighted by molar-refractivity contribution is -0.192. The van der Waals surface area contributed by atoms with E-state index in [9.17, 15) is 22.8 Å². The van der Waals surface area contributed by atoms with E-state index >= 15 is 0 Å². The molecule has 0 bridgehead atoms. The van der Waals surface area contributed by atoms with Crippen LogP contribution < -0.4 is 16.1 Å². The highest BCUT2D eigenvalue weighted by atomic mass is 19.4. The van der Waals surface area contributed by atoms with Crippen LogP contribution in [0, 0.1) is 0 Å². The van der Waals surface area contributed by atoms with Crippen molar-refractivity contribution in [1.82, 2.24) is 29.7 Å². The number of hydrogen-bond acceptors (Lipinski definition) is 9. The SMILES string of the molecule is CN1CCN(CCc2ccc(Nc3ncc4c(=O)c(C(=O)NCCO)cn(-c5ccc6c(c5)CCC6)c4n3)cc2)CC1.O=C(O)C(F)(F)F. The van der Waals surface area contributed by atoms with Crippen molar-refractivity contribution in [3.63, 3.8) is 0 Å². The van der Waals surface area contributed by atoms with Gasteiger partial charge in [-0.1, -0.05) is 18.2 Å². The maximum Gasteiger partial charge on any atom is 0.490 e. The number of aliphatic hydroxyl groups is 1. The molecule has 4 aromatic rings. The Hall–Kier alpha value is -4.86. The number of alkyl halides is 3. The van der Waals surface area contributed by atoms with Gasteiger partial charge in [-0.15, -0.1) is 0 Å². The van der Waals surface area contributed by atoms with Gasteiger partial charge < -0.3 is 35.2 Å². The number of pyridine rings is 1. The maximum atomic E-state index is 13.4. The third-order valence-corrected chi connectivity index (χ3v) is 8.51. The van der Waals surface area contributed by atoms with Gasteiger partial charge in [-0.05, 0) is 73.7 Å². The number of nitrogens with zero attached hydrogens (tertiary/aromatic N) is 5. The first-order chi connectivity index (χ1) is 23.4. The van der Waals surface area contributed by atoms with Crippen molar-refractivity contribution >= 4 is 34.5 Å². The van der Waals surface area contributed by atoms with Crippen LogP contribution in [-0.4, -0.2) is 106 Å². The summed E-state index contributed by atoms with van der Waals surface area (Å²) in [5, 5.41) is 22.4. The summed E-state index contributed by atoms with van der Waals surface area (Å²) in [6, 6.07) is 14.5. The fourth-order valence-corrected chi connectivity index (χ4v) is 5.74. The Morgan fingerprint density at radius 3 is 2.37 bits per heavy atom. The second-order valence-electron chi connectivity index (χ2n) is 12.0. The lowest BCUT2D eigenvalue weighted by Crippen LogP contribution is -2.45. The number of amides is 1. The van der Waals surface area contributed by atoms with Gasteiger partial charge in [0.1, 0.15) is 5.56 Å². The second kappa shape index (κ2) is 15.6. The number of carbonyl (C=O) groups is 2. The van der Waals surface area contributed by atoms with Crippen molar-refractivity contribution in [2.75, 3.05) is 58.2 Å². The van der Waals surface area contributed by atoms with Gasteiger partial charge in [0.15, 0.2) is 5.65 Å². The Morgan fingerprint density at radius 1 is 1.00 bits per heavy atom. The fourth-order valence-electron chi connectivity index (χ4n) is 5.74. The first-order valence-electron chi connectivity index (χ1n) is 15.9. The number of halogens is 3. The molecule has 0 atom stereocenters. The molecule has 1 aliphatic heterocycles. The number of carboxylic acid groups (broad SMARTS) is 1. The molecule has 4 N–H and O–H groups in total. The molecule has 2 aromatic heterocycles. The highest BCUT2D eigenvalue weighted by molar-refractivity contribution is 5.97. The lowest BCUT2D eigenvalue weighted by atomic mass is 10.1. The van der Waals surface area contributed by atoms with Crippen molar-refractivity contribution < 1.29 is 33.0 Å². The minimum atomic E-state index is -5.08. The minimum Gasteiger partial charge on any atom is -0.475 e. The zero-order chi connectivity index (χ0) is 35.1. The molecule has 0 unspecified atom stereocenters. The third kappa shape index (κ3) is 8.99. The number of fused-ring (bicyclic) bond motifs is 2. The number of anilines is 2.